The van der Waals surface area contributed by atoms with Gasteiger partial charge in [0, 0.05) is 24.5 Å². The summed E-state index contributed by atoms with van der Waals surface area (Å²) in [5.74, 6) is -0.104. The molecule has 0 atom stereocenters. The van der Waals surface area contributed by atoms with E-state index in [1.54, 1.807) is 21.2 Å². The van der Waals surface area contributed by atoms with Crippen molar-refractivity contribution in [3.05, 3.63) is 43.8 Å². The number of thiazole rings is 1. The second-order valence-corrected chi connectivity index (χ2v) is 9.83. The van der Waals surface area contributed by atoms with Crippen molar-refractivity contribution >= 4 is 72.9 Å². The third-order valence-corrected chi connectivity index (χ3v) is 8.75. The number of carbonyl (C=O) groups is 1. The Hall–Kier alpha value is -1.55. The zero-order chi connectivity index (χ0) is 20.0. The lowest BCUT2D eigenvalue weighted by atomic mass is 10.3. The van der Waals surface area contributed by atoms with Crippen LogP contribution in [0.5, 0.6) is 0 Å². The first-order valence-corrected chi connectivity index (χ1v) is 11.9. The highest BCUT2D eigenvalue weighted by Crippen LogP contribution is 2.45. The van der Waals surface area contributed by atoms with Crippen molar-refractivity contribution in [2.45, 2.75) is 32.2 Å². The molecule has 0 unspecified atom stereocenters. The van der Waals surface area contributed by atoms with Gasteiger partial charge in [-0.1, -0.05) is 47.9 Å². The number of rotatable bonds is 3. The van der Waals surface area contributed by atoms with Crippen LogP contribution in [-0.4, -0.2) is 32.8 Å². The van der Waals surface area contributed by atoms with Gasteiger partial charge < -0.3 is 4.90 Å². The molecule has 0 bridgehead atoms. The van der Waals surface area contributed by atoms with Crippen LogP contribution in [0, 0.1) is 0 Å². The van der Waals surface area contributed by atoms with Gasteiger partial charge in [0.2, 0.25) is 0 Å². The lowest BCUT2D eigenvalue weighted by Crippen LogP contribution is -2.35. The van der Waals surface area contributed by atoms with Crippen LogP contribution in [0.1, 0.15) is 20.8 Å². The summed E-state index contributed by atoms with van der Waals surface area (Å²) in [5.41, 5.74) is 1.08. The van der Waals surface area contributed by atoms with Crippen molar-refractivity contribution in [1.82, 2.24) is 9.47 Å². The van der Waals surface area contributed by atoms with Crippen LogP contribution >= 0.6 is 47.1 Å². The molecule has 2 aliphatic heterocycles. The van der Waals surface area contributed by atoms with Gasteiger partial charge in [-0.15, -0.1) is 11.3 Å². The molecule has 1 aromatic heterocycles. The van der Waals surface area contributed by atoms with Gasteiger partial charge in [-0.05, 0) is 32.9 Å². The second kappa shape index (κ2) is 7.70. The van der Waals surface area contributed by atoms with Crippen molar-refractivity contribution in [2.75, 3.05) is 18.0 Å². The molecular formula is C19H19N3O2S4. The molecule has 2 aromatic rings. The normalized spacial score (nSPS) is 20.4. The Kier molecular flexibility index (Phi) is 5.43. The van der Waals surface area contributed by atoms with E-state index in [0.29, 0.717) is 31.5 Å². The minimum atomic E-state index is -0.104. The topological polar surface area (TPSA) is 45.6 Å². The molecule has 9 heteroatoms. The standard InChI is InChI=1S/C19H19N3O2S4/c1-4-20-11-9-7-8-10-12(11)26-17(20)13-15(23)21(5-2)18(27-13)14-16(24)22(6-3)19(25)28-14/h7-10H,4-6H2,1-3H3. The second-order valence-electron chi connectivity index (χ2n) is 6.15. The molecule has 1 aromatic carbocycles. The molecule has 0 spiro atoms. The van der Waals surface area contributed by atoms with Crippen LogP contribution < -0.4 is 19.7 Å². The molecule has 0 saturated carbocycles. The highest BCUT2D eigenvalue weighted by atomic mass is 32.2. The summed E-state index contributed by atoms with van der Waals surface area (Å²) in [6.07, 6.45) is 0. The van der Waals surface area contributed by atoms with Crippen LogP contribution in [0.25, 0.3) is 9.93 Å². The average Bonchev–Trinajstić information content (AvgIpc) is 3.31. The van der Waals surface area contributed by atoms with E-state index in [1.807, 2.05) is 26.0 Å². The first-order chi connectivity index (χ1) is 13.5. The van der Waals surface area contributed by atoms with Gasteiger partial charge in [0.1, 0.15) is 23.4 Å². The maximum absolute atomic E-state index is 13.2. The maximum Gasteiger partial charge on any atom is 0.271 e. The summed E-state index contributed by atoms with van der Waals surface area (Å²) in [7, 11) is 0. The molecule has 0 radical (unpaired) electrons. The first-order valence-electron chi connectivity index (χ1n) is 9.08. The molecule has 0 N–H and O–H groups in total. The molecule has 2 aliphatic rings. The SMILES string of the molecule is CCN1C(=O)C(=c2sc(=C3Sc4ccccc4N3CC)c(=O)n2CC)SC1=S. The quantitative estimate of drug-likeness (QED) is 0.672. The lowest BCUT2D eigenvalue weighted by Gasteiger charge is -2.16. The smallest absolute Gasteiger partial charge is 0.271 e. The van der Waals surface area contributed by atoms with Crippen molar-refractivity contribution < 1.29 is 4.79 Å². The van der Waals surface area contributed by atoms with Gasteiger partial charge in [0.25, 0.3) is 11.5 Å². The van der Waals surface area contributed by atoms with E-state index in [1.165, 1.54) is 23.1 Å². The maximum atomic E-state index is 13.2. The summed E-state index contributed by atoms with van der Waals surface area (Å²) >= 11 is 9.66. The Labute approximate surface area is 180 Å². The third kappa shape index (κ3) is 2.96. The number of aromatic nitrogens is 1. The summed E-state index contributed by atoms with van der Waals surface area (Å²) in [4.78, 5) is 31.5. The first kappa shape index (κ1) is 19.8. The number of fused-ring (bicyclic) bond motifs is 1. The average molecular weight is 450 g/mol. The molecular weight excluding hydrogens is 430 g/mol. The van der Waals surface area contributed by atoms with Crippen molar-refractivity contribution in [3.63, 3.8) is 0 Å². The van der Waals surface area contributed by atoms with E-state index in [9.17, 15) is 9.59 Å². The molecule has 1 saturated heterocycles. The summed E-state index contributed by atoms with van der Waals surface area (Å²) in [6, 6.07) is 8.18. The van der Waals surface area contributed by atoms with Crippen LogP contribution in [0.15, 0.2) is 34.0 Å². The Morgan fingerprint density at radius 1 is 0.964 bits per heavy atom. The van der Waals surface area contributed by atoms with E-state index in [-0.39, 0.29) is 11.5 Å². The Morgan fingerprint density at radius 3 is 2.32 bits per heavy atom. The molecule has 4 rings (SSSR count). The van der Waals surface area contributed by atoms with E-state index >= 15 is 0 Å². The van der Waals surface area contributed by atoms with Gasteiger partial charge >= 0.3 is 0 Å². The predicted molar refractivity (Wildman–Crippen MR) is 123 cm³/mol. The van der Waals surface area contributed by atoms with Gasteiger partial charge in [-0.3, -0.25) is 19.1 Å². The van der Waals surface area contributed by atoms with Crippen LogP contribution in [0.3, 0.4) is 0 Å². The van der Waals surface area contributed by atoms with Crippen molar-refractivity contribution in [1.29, 1.82) is 0 Å². The molecule has 1 fully saturated rings. The number of thioether (sulfide) groups is 2. The number of anilines is 1. The fourth-order valence-electron chi connectivity index (χ4n) is 3.32. The number of hydrogen-bond donors (Lipinski definition) is 0. The summed E-state index contributed by atoms with van der Waals surface area (Å²) in [5, 5.41) is 0.943. The molecule has 5 nitrogen and oxygen atoms in total. The van der Waals surface area contributed by atoms with E-state index in [2.05, 4.69) is 24.0 Å². The minimum Gasteiger partial charge on any atom is -0.334 e. The van der Waals surface area contributed by atoms with Crippen LogP contribution in [-0.2, 0) is 11.3 Å². The lowest BCUT2D eigenvalue weighted by molar-refractivity contribution is -0.120. The highest BCUT2D eigenvalue weighted by molar-refractivity contribution is 8.30. The van der Waals surface area contributed by atoms with Gasteiger partial charge in [-0.2, -0.15) is 0 Å². The fourth-order valence-corrected chi connectivity index (χ4v) is 7.42. The zero-order valence-electron chi connectivity index (χ0n) is 15.7. The number of nitrogens with zero attached hydrogens (tertiary/aromatic N) is 3. The Bertz CT molecular complexity index is 1160. The number of para-hydroxylation sites is 1. The van der Waals surface area contributed by atoms with E-state index in [0.717, 1.165) is 22.2 Å². The van der Waals surface area contributed by atoms with Gasteiger partial charge in [0.05, 0.1) is 5.69 Å². The number of amides is 1. The molecule has 28 heavy (non-hydrogen) atoms. The summed E-state index contributed by atoms with van der Waals surface area (Å²) < 4.78 is 3.64. The minimum absolute atomic E-state index is 0.0435. The summed E-state index contributed by atoms with van der Waals surface area (Å²) in [6.45, 7) is 7.74. The number of benzene rings is 1. The highest BCUT2D eigenvalue weighted by Gasteiger charge is 2.33. The molecule has 146 valence electrons. The molecule has 1 amide bonds. The van der Waals surface area contributed by atoms with E-state index < -0.39 is 0 Å². The Morgan fingerprint density at radius 2 is 1.68 bits per heavy atom. The Balaban J connectivity index is 1.99. The number of carbonyl (C=O) groups excluding carboxylic acids is 1. The van der Waals surface area contributed by atoms with Crippen LogP contribution in [0.4, 0.5) is 5.69 Å². The van der Waals surface area contributed by atoms with Gasteiger partial charge in [0.15, 0.2) is 0 Å². The zero-order valence-corrected chi connectivity index (χ0v) is 19.0. The molecule has 3 heterocycles. The predicted octanol–water partition coefficient (Wildman–Crippen LogP) is 2.62. The number of hydrogen-bond acceptors (Lipinski definition) is 7. The third-order valence-electron chi connectivity index (χ3n) is 4.68. The van der Waals surface area contributed by atoms with E-state index in [4.69, 9.17) is 12.2 Å². The largest absolute Gasteiger partial charge is 0.334 e. The van der Waals surface area contributed by atoms with Crippen molar-refractivity contribution in [3.8, 4) is 0 Å². The van der Waals surface area contributed by atoms with Crippen molar-refractivity contribution in [2.24, 2.45) is 0 Å². The van der Waals surface area contributed by atoms with Gasteiger partial charge in [-0.25, -0.2) is 0 Å². The fraction of sp³-hybridized carbons (Fsp3) is 0.316. The molecule has 0 aliphatic carbocycles. The monoisotopic (exact) mass is 449 g/mol. The van der Waals surface area contributed by atoms with Crippen LogP contribution in [0.2, 0.25) is 0 Å². The number of thiocarbonyl (C=S) groups is 1.